The van der Waals surface area contributed by atoms with Crippen molar-refractivity contribution in [2.75, 3.05) is 6.54 Å². The molecule has 0 radical (unpaired) electrons. The van der Waals surface area contributed by atoms with Gasteiger partial charge in [0.05, 0.1) is 11.4 Å². The van der Waals surface area contributed by atoms with Crippen molar-refractivity contribution >= 4 is 0 Å². The van der Waals surface area contributed by atoms with Crippen LogP contribution in [-0.4, -0.2) is 37.9 Å². The number of rotatable bonds is 11. The molecule has 0 spiro atoms. The highest BCUT2D eigenvalue weighted by Crippen LogP contribution is 2.28. The Labute approximate surface area is 189 Å². The summed E-state index contributed by atoms with van der Waals surface area (Å²) in [5, 5.41) is 35.4. The highest BCUT2D eigenvalue weighted by Gasteiger charge is 2.15. The zero-order valence-corrected chi connectivity index (χ0v) is 18.9. The van der Waals surface area contributed by atoms with Gasteiger partial charge in [-0.25, -0.2) is 4.68 Å². The van der Waals surface area contributed by atoms with Crippen molar-refractivity contribution in [1.82, 2.24) is 15.1 Å². The molecule has 3 aromatic rings. The average Bonchev–Trinajstić information content (AvgIpc) is 3.11. The molecule has 0 saturated carbocycles. The van der Waals surface area contributed by atoms with Gasteiger partial charge in [0, 0.05) is 18.7 Å². The van der Waals surface area contributed by atoms with Crippen molar-refractivity contribution in [3.8, 4) is 11.4 Å². The maximum Gasteiger partial charge on any atom is 0.152 e. The van der Waals surface area contributed by atoms with Crippen LogP contribution in [0.2, 0.25) is 0 Å². The van der Waals surface area contributed by atoms with E-state index in [0.717, 1.165) is 41.2 Å². The second kappa shape index (κ2) is 11.2. The number of aliphatic hydroxyl groups is 3. The van der Waals surface area contributed by atoms with Gasteiger partial charge in [-0.3, -0.25) is 5.32 Å². The Morgan fingerprint density at radius 2 is 1.59 bits per heavy atom. The highest BCUT2D eigenvalue weighted by atomic mass is 16.5. The third-order valence-electron chi connectivity index (χ3n) is 5.28. The van der Waals surface area contributed by atoms with E-state index in [1.807, 2.05) is 73.1 Å². The molecule has 0 fully saturated rings. The van der Waals surface area contributed by atoms with Gasteiger partial charge in [0.15, 0.2) is 6.29 Å². The molecular weight excluding hydrogens is 406 g/mol. The van der Waals surface area contributed by atoms with Gasteiger partial charge in [0.2, 0.25) is 0 Å². The van der Waals surface area contributed by atoms with E-state index in [9.17, 15) is 5.11 Å². The number of ether oxygens (including phenoxy) is 1. The number of hydrogen-bond acceptors (Lipinski definition) is 6. The van der Waals surface area contributed by atoms with Gasteiger partial charge >= 0.3 is 0 Å². The molecule has 0 saturated heterocycles. The molecule has 3 rings (SSSR count). The summed E-state index contributed by atoms with van der Waals surface area (Å²) in [7, 11) is 0. The van der Waals surface area contributed by atoms with Crippen LogP contribution in [-0.2, 0) is 0 Å². The van der Waals surface area contributed by atoms with E-state index in [-0.39, 0.29) is 12.5 Å². The van der Waals surface area contributed by atoms with Gasteiger partial charge in [-0.1, -0.05) is 37.6 Å². The maximum absolute atomic E-state index is 10.2. The molecule has 7 nitrogen and oxygen atoms in total. The number of nitrogens with one attached hydrogen (secondary N) is 1. The maximum atomic E-state index is 10.2. The lowest BCUT2D eigenvalue weighted by Crippen LogP contribution is -2.25. The molecule has 0 aliphatic rings. The van der Waals surface area contributed by atoms with Gasteiger partial charge in [-0.05, 0) is 61.7 Å². The average molecular weight is 440 g/mol. The lowest BCUT2D eigenvalue weighted by molar-refractivity contribution is -0.0465. The molecule has 2 unspecified atom stereocenters. The van der Waals surface area contributed by atoms with E-state index in [1.54, 1.807) is 0 Å². The minimum Gasteiger partial charge on any atom is -0.486 e. The van der Waals surface area contributed by atoms with E-state index >= 15 is 0 Å². The molecule has 1 heterocycles. The minimum atomic E-state index is -1.38. The predicted molar refractivity (Wildman–Crippen MR) is 124 cm³/mol. The van der Waals surface area contributed by atoms with Gasteiger partial charge in [0.25, 0.3) is 0 Å². The van der Waals surface area contributed by atoms with Crippen molar-refractivity contribution in [3.05, 3.63) is 77.1 Å². The van der Waals surface area contributed by atoms with Crippen molar-refractivity contribution in [3.63, 3.8) is 0 Å². The summed E-state index contributed by atoms with van der Waals surface area (Å²) in [6.07, 6.45) is -0.346. The van der Waals surface area contributed by atoms with Crippen LogP contribution in [0.15, 0.2) is 54.6 Å². The smallest absolute Gasteiger partial charge is 0.152 e. The molecular formula is C25H33N3O4. The zero-order valence-electron chi connectivity index (χ0n) is 18.9. The fraction of sp³-hybridized carbons (Fsp3) is 0.400. The van der Waals surface area contributed by atoms with Crippen LogP contribution in [0.4, 0.5) is 0 Å². The first kappa shape index (κ1) is 23.9. The third-order valence-corrected chi connectivity index (χ3v) is 5.28. The van der Waals surface area contributed by atoms with Gasteiger partial charge < -0.3 is 20.1 Å². The summed E-state index contributed by atoms with van der Waals surface area (Å²) in [5.74, 6) is 0.794. The quantitative estimate of drug-likeness (QED) is 0.340. The van der Waals surface area contributed by atoms with Gasteiger partial charge in [-0.15, -0.1) is 0 Å². The second-order valence-corrected chi connectivity index (χ2v) is 8.02. The Morgan fingerprint density at radius 1 is 0.938 bits per heavy atom. The number of nitrogens with zero attached hydrogens (tertiary/aromatic N) is 2. The largest absolute Gasteiger partial charge is 0.486 e. The standard InChI is InChI=1S/C25H33N3O4/c1-4-5-23(19-6-8-20(9-7-19)25(31)26-15-14-24(29)30)32-22-12-10-21(11-13-22)28-18(3)16-17(2)27-28/h6-13,16,23-26,29-31H,4-5,14-15H2,1-3H3. The summed E-state index contributed by atoms with van der Waals surface area (Å²) in [6, 6.07) is 17.6. The molecule has 7 heteroatoms. The summed E-state index contributed by atoms with van der Waals surface area (Å²) in [5.41, 5.74) is 4.82. The number of aryl methyl sites for hydroxylation is 2. The predicted octanol–water partition coefficient (Wildman–Crippen LogP) is 3.69. The van der Waals surface area contributed by atoms with Crippen molar-refractivity contribution in [2.24, 2.45) is 0 Å². The lowest BCUT2D eigenvalue weighted by atomic mass is 10.0. The molecule has 32 heavy (non-hydrogen) atoms. The molecule has 0 amide bonds. The van der Waals surface area contributed by atoms with Crippen molar-refractivity contribution < 1.29 is 20.1 Å². The first-order chi connectivity index (χ1) is 15.4. The number of benzene rings is 2. The molecule has 4 N–H and O–H groups in total. The van der Waals surface area contributed by atoms with Crippen LogP contribution in [0.3, 0.4) is 0 Å². The van der Waals surface area contributed by atoms with E-state index in [0.29, 0.717) is 12.1 Å². The summed E-state index contributed by atoms with van der Waals surface area (Å²) in [6.45, 7) is 6.44. The fourth-order valence-corrected chi connectivity index (χ4v) is 3.64. The second-order valence-electron chi connectivity index (χ2n) is 8.02. The van der Waals surface area contributed by atoms with Crippen LogP contribution in [0, 0.1) is 13.8 Å². The minimum absolute atomic E-state index is 0.0942. The fourth-order valence-electron chi connectivity index (χ4n) is 3.64. The normalized spacial score (nSPS) is 13.3. The van der Waals surface area contributed by atoms with Crippen molar-refractivity contribution in [1.29, 1.82) is 0 Å². The van der Waals surface area contributed by atoms with E-state index in [2.05, 4.69) is 17.3 Å². The Morgan fingerprint density at radius 3 is 2.16 bits per heavy atom. The Hall–Kier alpha value is -2.71. The van der Waals surface area contributed by atoms with Gasteiger partial charge in [0.1, 0.15) is 18.1 Å². The Bertz CT molecular complexity index is 968. The summed E-state index contributed by atoms with van der Waals surface area (Å²) >= 11 is 0. The molecule has 2 aromatic carbocycles. The lowest BCUT2D eigenvalue weighted by Gasteiger charge is -2.20. The molecule has 2 atom stereocenters. The Kier molecular flexibility index (Phi) is 8.41. The SMILES string of the molecule is CCCC(Oc1ccc(-n2nc(C)cc2C)cc1)c1ccc(C(O)NCCC(O)O)cc1. The highest BCUT2D eigenvalue weighted by molar-refractivity contribution is 5.39. The molecule has 0 aliphatic heterocycles. The zero-order chi connectivity index (χ0) is 23.1. The van der Waals surface area contributed by atoms with Crippen LogP contribution >= 0.6 is 0 Å². The van der Waals surface area contributed by atoms with Crippen LogP contribution in [0.1, 0.15) is 61.0 Å². The van der Waals surface area contributed by atoms with E-state index < -0.39 is 12.5 Å². The topological polar surface area (TPSA) is 99.8 Å². The van der Waals surface area contributed by atoms with Gasteiger partial charge in [-0.2, -0.15) is 5.10 Å². The molecule has 0 bridgehead atoms. The van der Waals surface area contributed by atoms with Crippen molar-refractivity contribution in [2.45, 2.75) is 58.7 Å². The first-order valence-electron chi connectivity index (χ1n) is 11.0. The number of aliphatic hydroxyl groups excluding tert-OH is 2. The molecule has 172 valence electrons. The summed E-state index contributed by atoms with van der Waals surface area (Å²) in [4.78, 5) is 0. The van der Waals surface area contributed by atoms with E-state index in [1.165, 1.54) is 0 Å². The van der Waals surface area contributed by atoms with E-state index in [4.69, 9.17) is 14.9 Å². The Balaban J connectivity index is 1.66. The first-order valence-corrected chi connectivity index (χ1v) is 11.0. The molecule has 1 aromatic heterocycles. The van der Waals surface area contributed by atoms with Crippen LogP contribution in [0.25, 0.3) is 5.69 Å². The number of aromatic nitrogens is 2. The number of hydrogen-bond donors (Lipinski definition) is 4. The summed E-state index contributed by atoms with van der Waals surface area (Å²) < 4.78 is 8.21. The van der Waals surface area contributed by atoms with Crippen LogP contribution < -0.4 is 10.1 Å². The monoisotopic (exact) mass is 439 g/mol. The molecule has 0 aliphatic carbocycles. The van der Waals surface area contributed by atoms with Crippen LogP contribution in [0.5, 0.6) is 5.75 Å². The third kappa shape index (κ3) is 6.40.